The van der Waals surface area contributed by atoms with Crippen molar-refractivity contribution in [3.63, 3.8) is 0 Å². The molecule has 116 valence electrons. The molecular weight excluding hydrogens is 300 g/mol. The molecule has 0 bridgehead atoms. The highest BCUT2D eigenvalue weighted by molar-refractivity contribution is 6.31. The van der Waals surface area contributed by atoms with Gasteiger partial charge in [-0.2, -0.15) is 0 Å². The zero-order valence-corrected chi connectivity index (χ0v) is 13.2. The standard InChI is InChI=1S/C17H19ClN2O2/c1-22-16-10-9-14(18)12-15(16)20-17(21)19-11-5-8-13-6-3-2-4-7-13/h2-4,6-7,9-10,12H,5,8,11H2,1H3,(H2,19,20,21). The first-order chi connectivity index (χ1) is 10.7. The number of urea groups is 1. The van der Waals surface area contributed by atoms with Crippen LogP contribution in [-0.4, -0.2) is 19.7 Å². The molecule has 2 N–H and O–H groups in total. The number of hydrogen-bond acceptors (Lipinski definition) is 2. The Morgan fingerprint density at radius 1 is 1.18 bits per heavy atom. The van der Waals surface area contributed by atoms with E-state index in [0.29, 0.717) is 23.0 Å². The van der Waals surface area contributed by atoms with Gasteiger partial charge in [0.2, 0.25) is 0 Å². The summed E-state index contributed by atoms with van der Waals surface area (Å²) < 4.78 is 5.18. The molecule has 2 aromatic rings. The van der Waals surface area contributed by atoms with E-state index in [-0.39, 0.29) is 6.03 Å². The van der Waals surface area contributed by atoms with Crippen molar-refractivity contribution in [2.75, 3.05) is 19.0 Å². The predicted molar refractivity (Wildman–Crippen MR) is 89.8 cm³/mol. The van der Waals surface area contributed by atoms with Crippen LogP contribution in [0.1, 0.15) is 12.0 Å². The van der Waals surface area contributed by atoms with Crippen LogP contribution >= 0.6 is 11.6 Å². The van der Waals surface area contributed by atoms with Gasteiger partial charge in [0.15, 0.2) is 0 Å². The van der Waals surface area contributed by atoms with Crippen LogP contribution in [0.25, 0.3) is 0 Å². The van der Waals surface area contributed by atoms with Crippen molar-refractivity contribution in [3.05, 3.63) is 59.1 Å². The van der Waals surface area contributed by atoms with Crippen LogP contribution in [0.15, 0.2) is 48.5 Å². The van der Waals surface area contributed by atoms with Gasteiger partial charge in [-0.1, -0.05) is 41.9 Å². The van der Waals surface area contributed by atoms with Crippen molar-refractivity contribution in [1.29, 1.82) is 0 Å². The van der Waals surface area contributed by atoms with Crippen LogP contribution in [0.2, 0.25) is 5.02 Å². The van der Waals surface area contributed by atoms with Crippen LogP contribution in [0.4, 0.5) is 10.5 Å². The van der Waals surface area contributed by atoms with E-state index >= 15 is 0 Å². The normalized spacial score (nSPS) is 10.1. The number of ether oxygens (including phenoxy) is 1. The molecule has 0 saturated carbocycles. The highest BCUT2D eigenvalue weighted by Gasteiger charge is 2.07. The van der Waals surface area contributed by atoms with Crippen molar-refractivity contribution >= 4 is 23.3 Å². The third-order valence-electron chi connectivity index (χ3n) is 3.18. The fourth-order valence-corrected chi connectivity index (χ4v) is 2.26. The van der Waals surface area contributed by atoms with Crippen LogP contribution in [0, 0.1) is 0 Å². The number of carbonyl (C=O) groups is 1. The summed E-state index contributed by atoms with van der Waals surface area (Å²) in [6.45, 7) is 0.601. The molecule has 0 fully saturated rings. The molecule has 5 heteroatoms. The summed E-state index contributed by atoms with van der Waals surface area (Å²) in [4.78, 5) is 11.9. The van der Waals surface area contributed by atoms with Crippen molar-refractivity contribution < 1.29 is 9.53 Å². The van der Waals surface area contributed by atoms with Gasteiger partial charge in [-0.25, -0.2) is 4.79 Å². The number of halogens is 1. The number of hydrogen-bond donors (Lipinski definition) is 2. The molecule has 0 aliphatic heterocycles. The summed E-state index contributed by atoms with van der Waals surface area (Å²) in [5.74, 6) is 0.573. The van der Waals surface area contributed by atoms with Gasteiger partial charge in [0.05, 0.1) is 12.8 Å². The van der Waals surface area contributed by atoms with Gasteiger partial charge in [0.1, 0.15) is 5.75 Å². The first-order valence-corrected chi connectivity index (χ1v) is 7.49. The minimum absolute atomic E-state index is 0.270. The van der Waals surface area contributed by atoms with E-state index in [4.69, 9.17) is 16.3 Å². The molecule has 0 heterocycles. The lowest BCUT2D eigenvalue weighted by Crippen LogP contribution is -2.29. The lowest BCUT2D eigenvalue weighted by atomic mass is 10.1. The number of nitrogens with one attached hydrogen (secondary N) is 2. The van der Waals surface area contributed by atoms with Crippen molar-refractivity contribution in [3.8, 4) is 5.75 Å². The predicted octanol–water partition coefficient (Wildman–Crippen LogP) is 4.10. The lowest BCUT2D eigenvalue weighted by molar-refractivity contribution is 0.252. The Morgan fingerprint density at radius 2 is 1.95 bits per heavy atom. The second-order valence-electron chi connectivity index (χ2n) is 4.81. The minimum atomic E-state index is -0.270. The molecule has 2 rings (SSSR count). The average Bonchev–Trinajstić information content (AvgIpc) is 2.53. The van der Waals surface area contributed by atoms with Crippen molar-refractivity contribution in [2.24, 2.45) is 0 Å². The summed E-state index contributed by atoms with van der Waals surface area (Å²) in [5, 5.41) is 6.11. The smallest absolute Gasteiger partial charge is 0.319 e. The molecule has 0 atom stereocenters. The third kappa shape index (κ3) is 4.97. The van der Waals surface area contributed by atoms with Gasteiger partial charge in [-0.15, -0.1) is 0 Å². The van der Waals surface area contributed by atoms with Crippen LogP contribution in [0.5, 0.6) is 5.75 Å². The fourth-order valence-electron chi connectivity index (χ4n) is 2.08. The summed E-state index contributed by atoms with van der Waals surface area (Å²) in [7, 11) is 1.55. The highest BCUT2D eigenvalue weighted by atomic mass is 35.5. The Hall–Kier alpha value is -2.20. The lowest BCUT2D eigenvalue weighted by Gasteiger charge is -2.11. The topological polar surface area (TPSA) is 50.4 Å². The number of amides is 2. The number of carbonyl (C=O) groups excluding carboxylic acids is 1. The molecule has 0 aliphatic carbocycles. The Bertz CT molecular complexity index is 617. The number of methoxy groups -OCH3 is 1. The maximum atomic E-state index is 11.9. The maximum Gasteiger partial charge on any atom is 0.319 e. The fraction of sp³-hybridized carbons (Fsp3) is 0.235. The van der Waals surface area contributed by atoms with Crippen molar-refractivity contribution in [2.45, 2.75) is 12.8 Å². The molecule has 0 unspecified atom stereocenters. The van der Waals surface area contributed by atoms with Crippen LogP contribution in [-0.2, 0) is 6.42 Å². The van der Waals surface area contributed by atoms with E-state index in [0.717, 1.165) is 12.8 Å². The van der Waals surface area contributed by atoms with Crippen LogP contribution < -0.4 is 15.4 Å². The first kappa shape index (κ1) is 16.2. The average molecular weight is 319 g/mol. The second-order valence-corrected chi connectivity index (χ2v) is 5.25. The Labute approximate surface area is 135 Å². The second kappa shape index (κ2) is 8.29. The SMILES string of the molecule is COc1ccc(Cl)cc1NC(=O)NCCCc1ccccc1. The quantitative estimate of drug-likeness (QED) is 0.788. The number of benzene rings is 2. The van der Waals surface area contributed by atoms with E-state index in [1.807, 2.05) is 18.2 Å². The van der Waals surface area contributed by atoms with Gasteiger partial charge >= 0.3 is 6.03 Å². The summed E-state index contributed by atoms with van der Waals surface area (Å²) in [5.41, 5.74) is 1.82. The molecular formula is C17H19ClN2O2. The Balaban J connectivity index is 1.77. The Morgan fingerprint density at radius 3 is 2.68 bits per heavy atom. The maximum absolute atomic E-state index is 11.9. The third-order valence-corrected chi connectivity index (χ3v) is 3.42. The molecule has 2 amide bonds. The van der Waals surface area contributed by atoms with Gasteiger partial charge in [0.25, 0.3) is 0 Å². The zero-order valence-electron chi connectivity index (χ0n) is 12.4. The molecule has 2 aromatic carbocycles. The molecule has 22 heavy (non-hydrogen) atoms. The van der Waals surface area contributed by atoms with Gasteiger partial charge in [-0.3, -0.25) is 0 Å². The largest absolute Gasteiger partial charge is 0.495 e. The Kier molecular flexibility index (Phi) is 6.10. The van der Waals surface area contributed by atoms with E-state index in [2.05, 4.69) is 22.8 Å². The van der Waals surface area contributed by atoms with Crippen LogP contribution in [0.3, 0.4) is 0 Å². The summed E-state index contributed by atoms with van der Waals surface area (Å²) >= 11 is 5.92. The molecule has 0 aliphatic rings. The van der Waals surface area contributed by atoms with Gasteiger partial charge < -0.3 is 15.4 Å². The van der Waals surface area contributed by atoms with Crippen molar-refractivity contribution in [1.82, 2.24) is 5.32 Å². The number of aryl methyl sites for hydroxylation is 1. The van der Waals surface area contributed by atoms with Gasteiger partial charge in [0, 0.05) is 11.6 Å². The van der Waals surface area contributed by atoms with E-state index in [9.17, 15) is 4.79 Å². The minimum Gasteiger partial charge on any atom is -0.495 e. The number of anilines is 1. The van der Waals surface area contributed by atoms with E-state index < -0.39 is 0 Å². The molecule has 0 spiro atoms. The molecule has 0 aromatic heterocycles. The molecule has 0 radical (unpaired) electrons. The van der Waals surface area contributed by atoms with Gasteiger partial charge in [-0.05, 0) is 36.6 Å². The molecule has 4 nitrogen and oxygen atoms in total. The summed E-state index contributed by atoms with van der Waals surface area (Å²) in [6.07, 6.45) is 1.81. The number of rotatable bonds is 6. The summed E-state index contributed by atoms with van der Waals surface area (Å²) in [6, 6.07) is 15.0. The van der Waals surface area contributed by atoms with E-state index in [1.54, 1.807) is 25.3 Å². The highest BCUT2D eigenvalue weighted by Crippen LogP contribution is 2.27. The zero-order chi connectivity index (χ0) is 15.8. The first-order valence-electron chi connectivity index (χ1n) is 7.11. The molecule has 0 saturated heterocycles. The van der Waals surface area contributed by atoms with E-state index in [1.165, 1.54) is 5.56 Å². The monoisotopic (exact) mass is 318 g/mol.